The molecule has 6 rings (SSSR count). The molecule has 0 aliphatic carbocycles. The van der Waals surface area contributed by atoms with E-state index in [-0.39, 0.29) is 51.8 Å². The van der Waals surface area contributed by atoms with Crippen molar-refractivity contribution in [2.45, 2.75) is 75.8 Å². The maximum Gasteiger partial charge on any atom is 0.325 e. The number of aromatic nitrogens is 2. The molecule has 0 bridgehead atoms. The SMILES string of the molecule is CC1COc2ccccc2N1C(=O)C(Cl)Cl.CCOCN(C(=O)CCl)c1c(C)cccc1CC.COC(=O)CSc1cc(N=c2sc(=O)n3n2CCCC3)c(F)cc1Cl. The number of aryl methyl sites for hydroxylation is 2. The van der Waals surface area contributed by atoms with Gasteiger partial charge in [-0.25, -0.2) is 14.1 Å². The summed E-state index contributed by atoms with van der Waals surface area (Å²) in [5, 5.41) is 0.199. The molecule has 3 aromatic carbocycles. The smallest absolute Gasteiger partial charge is 0.325 e. The fourth-order valence-corrected chi connectivity index (χ4v) is 8.42. The van der Waals surface area contributed by atoms with Gasteiger partial charge >= 0.3 is 10.8 Å². The van der Waals surface area contributed by atoms with Gasteiger partial charge in [0.25, 0.3) is 5.91 Å². The molecule has 19 heteroatoms. The number of halogens is 5. The van der Waals surface area contributed by atoms with Crippen LogP contribution in [0.5, 0.6) is 5.75 Å². The summed E-state index contributed by atoms with van der Waals surface area (Å²) >= 11 is 25.1. The largest absolute Gasteiger partial charge is 0.489 e. The fraction of sp³-hybridized carbons (Fsp3) is 0.425. The third kappa shape index (κ3) is 12.7. The number of ether oxygens (including phenoxy) is 3. The van der Waals surface area contributed by atoms with E-state index < -0.39 is 16.6 Å². The Bertz CT molecular complexity index is 2220. The number of methoxy groups -OCH3 is 1. The van der Waals surface area contributed by atoms with E-state index in [4.69, 9.17) is 55.9 Å². The van der Waals surface area contributed by atoms with Gasteiger partial charge in [-0.3, -0.25) is 28.8 Å². The average Bonchev–Trinajstić information content (AvgIpc) is 3.55. The van der Waals surface area contributed by atoms with Crippen LogP contribution in [0.4, 0.5) is 21.5 Å². The zero-order chi connectivity index (χ0) is 43.2. The molecule has 12 nitrogen and oxygen atoms in total. The molecule has 4 aromatic rings. The van der Waals surface area contributed by atoms with Crippen molar-refractivity contribution in [2.24, 2.45) is 4.99 Å². The Morgan fingerprint density at radius 2 is 1.80 bits per heavy atom. The first-order chi connectivity index (χ1) is 28.3. The molecule has 1 atom stereocenters. The van der Waals surface area contributed by atoms with Crippen LogP contribution >= 0.6 is 69.5 Å². The maximum absolute atomic E-state index is 14.3. The maximum atomic E-state index is 14.3. The number of hydrogen-bond donors (Lipinski definition) is 0. The van der Waals surface area contributed by atoms with Gasteiger partial charge in [-0.2, -0.15) is 0 Å². The normalized spacial score (nSPS) is 14.5. The van der Waals surface area contributed by atoms with Crippen molar-refractivity contribution in [3.8, 4) is 5.75 Å². The van der Waals surface area contributed by atoms with Crippen molar-refractivity contribution in [1.29, 1.82) is 0 Å². The summed E-state index contributed by atoms with van der Waals surface area (Å²) in [4.78, 5) is 54.5. The second-order valence-electron chi connectivity index (χ2n) is 13.0. The fourth-order valence-electron chi connectivity index (χ4n) is 6.08. The second-order valence-corrected chi connectivity index (χ2v) is 16.7. The molecule has 1 aromatic heterocycles. The van der Waals surface area contributed by atoms with Gasteiger partial charge in [0.05, 0.1) is 35.3 Å². The lowest BCUT2D eigenvalue weighted by Crippen LogP contribution is -2.47. The zero-order valence-electron chi connectivity index (χ0n) is 33.2. The number of fused-ring (bicyclic) bond motifs is 2. The summed E-state index contributed by atoms with van der Waals surface area (Å²) in [5.74, 6) is -0.721. The second kappa shape index (κ2) is 23.4. The van der Waals surface area contributed by atoms with Crippen LogP contribution in [0.15, 0.2) is 69.3 Å². The van der Waals surface area contributed by atoms with Crippen molar-refractivity contribution >= 4 is 104 Å². The lowest BCUT2D eigenvalue weighted by Gasteiger charge is -2.35. The molecule has 3 heterocycles. The highest BCUT2D eigenvalue weighted by Crippen LogP contribution is 2.35. The van der Waals surface area contributed by atoms with Crippen LogP contribution in [0, 0.1) is 12.7 Å². The third-order valence-electron chi connectivity index (χ3n) is 8.96. The third-order valence-corrected chi connectivity index (χ3v) is 11.9. The zero-order valence-corrected chi connectivity index (χ0v) is 37.9. The van der Waals surface area contributed by atoms with Gasteiger partial charge < -0.3 is 19.1 Å². The monoisotopic (exact) mass is 931 g/mol. The molecule has 2 amide bonds. The Morgan fingerprint density at radius 3 is 2.46 bits per heavy atom. The summed E-state index contributed by atoms with van der Waals surface area (Å²) in [5.41, 5.74) is 3.93. The Balaban J connectivity index is 0.000000202. The molecular weight excluding hydrogens is 887 g/mol. The predicted molar refractivity (Wildman–Crippen MR) is 235 cm³/mol. The number of nitrogens with zero attached hydrogens (tertiary/aromatic N) is 5. The number of carbonyl (C=O) groups is 3. The molecule has 1 unspecified atom stereocenters. The van der Waals surface area contributed by atoms with Crippen molar-refractivity contribution in [2.75, 3.05) is 48.5 Å². The van der Waals surface area contributed by atoms with Crippen LogP contribution < -0.4 is 24.2 Å². The number of carbonyl (C=O) groups excluding carboxylic acids is 3. The molecular formula is C40H46Cl4FN5O7S2. The van der Waals surface area contributed by atoms with Gasteiger partial charge in [0.2, 0.25) is 10.7 Å². The van der Waals surface area contributed by atoms with Gasteiger partial charge in [0, 0.05) is 24.6 Å². The van der Waals surface area contributed by atoms with Crippen LogP contribution in [-0.4, -0.2) is 76.7 Å². The van der Waals surface area contributed by atoms with E-state index in [0.29, 0.717) is 41.7 Å². The van der Waals surface area contributed by atoms with Crippen LogP contribution in [-0.2, 0) is 43.4 Å². The number of rotatable bonds is 11. The summed E-state index contributed by atoms with van der Waals surface area (Å²) in [6, 6.07) is 15.9. The first kappa shape index (κ1) is 48.1. The standard InChI is InChI=1S/C15H15ClFN3O3S2.C14H20ClNO2.C11H11Cl2NO2/c1-23-13(21)8-24-12-7-11(10(17)6-9(12)16)18-14-19-4-2-3-5-20(19)15(22)25-14;1-4-12-8-6-7-11(3)14(12)16(10-18-5-2)13(17)9-15;1-7-6-16-9-5-3-2-4-8(9)14(7)11(15)10(12)13/h6-7H,2-5,8H2,1H3;6-8H,4-5,9-10H2,1-3H3;2-5,7,10H,6H2,1H3. The van der Waals surface area contributed by atoms with Gasteiger partial charge in [-0.15, -0.1) is 23.4 Å². The molecule has 0 radical (unpaired) electrons. The van der Waals surface area contributed by atoms with Crippen molar-refractivity contribution < 1.29 is 33.0 Å². The summed E-state index contributed by atoms with van der Waals surface area (Å²) in [7, 11) is 1.30. The Labute approximate surface area is 370 Å². The molecule has 0 fully saturated rings. The van der Waals surface area contributed by atoms with E-state index in [2.05, 4.69) is 16.7 Å². The minimum absolute atomic E-state index is 0.0371. The number of hydrogen-bond acceptors (Lipinski definition) is 10. The average molecular weight is 934 g/mol. The minimum Gasteiger partial charge on any atom is -0.489 e. The Hall–Kier alpha value is -3.57. The number of amides is 2. The number of alkyl halides is 3. The lowest BCUT2D eigenvalue weighted by molar-refractivity contribution is -0.137. The van der Waals surface area contributed by atoms with E-state index in [1.807, 2.05) is 63.2 Å². The first-order valence-corrected chi connectivity index (χ1v) is 22.2. The lowest BCUT2D eigenvalue weighted by atomic mass is 10.0. The first-order valence-electron chi connectivity index (χ1n) is 18.7. The highest BCUT2D eigenvalue weighted by molar-refractivity contribution is 8.00. The van der Waals surface area contributed by atoms with Crippen LogP contribution in [0.25, 0.3) is 0 Å². The van der Waals surface area contributed by atoms with E-state index in [0.717, 1.165) is 70.9 Å². The highest BCUT2D eigenvalue weighted by Gasteiger charge is 2.32. The molecule has 320 valence electrons. The summed E-state index contributed by atoms with van der Waals surface area (Å²) < 4.78 is 33.1. The molecule has 0 spiro atoms. The van der Waals surface area contributed by atoms with E-state index in [1.54, 1.807) is 19.2 Å². The van der Waals surface area contributed by atoms with Crippen LogP contribution in [0.2, 0.25) is 5.02 Å². The minimum atomic E-state index is -1.05. The molecule has 0 N–H and O–H groups in total. The summed E-state index contributed by atoms with van der Waals surface area (Å²) in [6.07, 6.45) is 2.77. The predicted octanol–water partition coefficient (Wildman–Crippen LogP) is 8.52. The number of benzene rings is 3. The molecule has 0 saturated carbocycles. The van der Waals surface area contributed by atoms with Gasteiger partial charge in [-0.05, 0) is 86.8 Å². The number of para-hydroxylation sites is 3. The van der Waals surface area contributed by atoms with Crippen molar-refractivity contribution in [1.82, 2.24) is 9.36 Å². The topological polar surface area (TPSA) is 125 Å². The molecule has 2 aliphatic rings. The van der Waals surface area contributed by atoms with Gasteiger partial charge in [0.1, 0.15) is 36.5 Å². The number of esters is 1. The summed E-state index contributed by atoms with van der Waals surface area (Å²) in [6.45, 7) is 10.5. The number of thioether (sulfide) groups is 1. The van der Waals surface area contributed by atoms with Gasteiger partial charge in [0.15, 0.2) is 4.84 Å². The molecule has 2 aliphatic heterocycles. The molecule has 0 saturated heterocycles. The van der Waals surface area contributed by atoms with Crippen molar-refractivity contribution in [3.63, 3.8) is 0 Å². The Morgan fingerprint density at radius 1 is 1.08 bits per heavy atom. The van der Waals surface area contributed by atoms with E-state index >= 15 is 0 Å². The van der Waals surface area contributed by atoms with Crippen LogP contribution in [0.3, 0.4) is 0 Å². The highest BCUT2D eigenvalue weighted by atomic mass is 35.5. The molecule has 59 heavy (non-hydrogen) atoms. The quantitative estimate of drug-likeness (QED) is 0.0635. The van der Waals surface area contributed by atoms with E-state index in [9.17, 15) is 23.6 Å². The van der Waals surface area contributed by atoms with Gasteiger partial charge in [-0.1, -0.05) is 72.1 Å². The number of anilines is 2. The van der Waals surface area contributed by atoms with Crippen LogP contribution in [0.1, 0.15) is 44.7 Å². The van der Waals surface area contributed by atoms with E-state index in [1.165, 1.54) is 13.2 Å². The Kier molecular flexibility index (Phi) is 19.1. The van der Waals surface area contributed by atoms with Crippen molar-refractivity contribution in [3.05, 3.63) is 91.0 Å².